The van der Waals surface area contributed by atoms with E-state index in [9.17, 15) is 9.18 Å². The van der Waals surface area contributed by atoms with E-state index in [1.807, 2.05) is 0 Å². The zero-order valence-electron chi connectivity index (χ0n) is 7.97. The summed E-state index contributed by atoms with van der Waals surface area (Å²) in [6.07, 6.45) is 0. The fourth-order valence-electron chi connectivity index (χ4n) is 1.000. The summed E-state index contributed by atoms with van der Waals surface area (Å²) in [5.41, 5.74) is 1.26. The van der Waals surface area contributed by atoms with E-state index < -0.39 is 5.38 Å². The van der Waals surface area contributed by atoms with Crippen molar-refractivity contribution in [2.24, 2.45) is 0 Å². The predicted octanol–water partition coefficient (Wildman–Crippen LogP) is 2.70. The predicted molar refractivity (Wildman–Crippen MR) is 55.1 cm³/mol. The number of benzene rings is 1. The summed E-state index contributed by atoms with van der Waals surface area (Å²) in [7, 11) is 0. The van der Waals surface area contributed by atoms with Crippen LogP contribution in [0.1, 0.15) is 12.5 Å². The summed E-state index contributed by atoms with van der Waals surface area (Å²) in [5.74, 6) is -0.610. The lowest BCUT2D eigenvalue weighted by Crippen LogP contribution is -2.20. The number of anilines is 1. The quantitative estimate of drug-likeness (QED) is 0.756. The zero-order valence-corrected chi connectivity index (χ0v) is 8.73. The van der Waals surface area contributed by atoms with Gasteiger partial charge in [-0.2, -0.15) is 0 Å². The van der Waals surface area contributed by atoms with Gasteiger partial charge in [-0.15, -0.1) is 11.6 Å². The van der Waals surface area contributed by atoms with Gasteiger partial charge in [0.1, 0.15) is 11.2 Å². The summed E-state index contributed by atoms with van der Waals surface area (Å²) in [5, 5.41) is 2.00. The molecule has 1 aromatic carbocycles. The Kier molecular flexibility index (Phi) is 3.47. The Labute approximate surface area is 87.1 Å². The molecule has 1 rings (SSSR count). The van der Waals surface area contributed by atoms with Gasteiger partial charge in [0.15, 0.2) is 0 Å². The molecule has 0 aliphatic rings. The Bertz CT molecular complexity index is 352. The minimum Gasteiger partial charge on any atom is -0.325 e. The van der Waals surface area contributed by atoms with Gasteiger partial charge in [0.05, 0.1) is 0 Å². The molecule has 0 heterocycles. The highest BCUT2D eigenvalue weighted by atomic mass is 35.5. The standard InChI is InChI=1S/C10H11ClFNO/c1-6-5-8(12)3-4-9(6)13-10(14)7(2)11/h3-5,7H,1-2H3,(H,13,14). The first-order chi connectivity index (χ1) is 6.50. The smallest absolute Gasteiger partial charge is 0.242 e. The fourth-order valence-corrected chi connectivity index (χ4v) is 1.05. The van der Waals surface area contributed by atoms with Crippen molar-refractivity contribution in [2.45, 2.75) is 19.2 Å². The maximum absolute atomic E-state index is 12.7. The minimum atomic E-state index is -0.598. The van der Waals surface area contributed by atoms with Crippen molar-refractivity contribution < 1.29 is 9.18 Å². The molecule has 0 aromatic heterocycles. The van der Waals surface area contributed by atoms with Crippen LogP contribution in [0.5, 0.6) is 0 Å². The molecule has 0 saturated heterocycles. The first-order valence-electron chi connectivity index (χ1n) is 4.22. The molecule has 1 aromatic rings. The van der Waals surface area contributed by atoms with Gasteiger partial charge in [-0.3, -0.25) is 4.79 Å². The van der Waals surface area contributed by atoms with Crippen molar-refractivity contribution in [1.82, 2.24) is 0 Å². The van der Waals surface area contributed by atoms with Crippen LogP contribution in [0.2, 0.25) is 0 Å². The molecule has 1 unspecified atom stereocenters. The van der Waals surface area contributed by atoms with E-state index in [0.29, 0.717) is 11.3 Å². The number of rotatable bonds is 2. The minimum absolute atomic E-state index is 0.290. The van der Waals surface area contributed by atoms with E-state index in [1.165, 1.54) is 18.2 Å². The van der Waals surface area contributed by atoms with Crippen molar-refractivity contribution in [3.63, 3.8) is 0 Å². The topological polar surface area (TPSA) is 29.1 Å². The van der Waals surface area contributed by atoms with Gasteiger partial charge in [0.2, 0.25) is 5.91 Å². The number of halogens is 2. The third-order valence-electron chi connectivity index (χ3n) is 1.81. The van der Waals surface area contributed by atoms with Gasteiger partial charge in [0, 0.05) is 5.69 Å². The molecule has 76 valence electrons. The van der Waals surface area contributed by atoms with E-state index in [-0.39, 0.29) is 11.7 Å². The third-order valence-corrected chi connectivity index (χ3v) is 2.01. The highest BCUT2D eigenvalue weighted by Gasteiger charge is 2.10. The molecule has 2 nitrogen and oxygen atoms in total. The van der Waals surface area contributed by atoms with Crippen LogP contribution in [-0.4, -0.2) is 11.3 Å². The fraction of sp³-hybridized carbons (Fsp3) is 0.300. The van der Waals surface area contributed by atoms with Gasteiger partial charge in [-0.05, 0) is 37.6 Å². The highest BCUT2D eigenvalue weighted by molar-refractivity contribution is 6.32. The lowest BCUT2D eigenvalue weighted by molar-refractivity contribution is -0.115. The second-order valence-corrected chi connectivity index (χ2v) is 3.72. The summed E-state index contributed by atoms with van der Waals surface area (Å²) in [6, 6.07) is 4.16. The van der Waals surface area contributed by atoms with Crippen LogP contribution in [0.4, 0.5) is 10.1 Å². The van der Waals surface area contributed by atoms with E-state index in [0.717, 1.165) is 0 Å². The molecule has 0 saturated carbocycles. The van der Waals surface area contributed by atoms with Crippen molar-refractivity contribution in [1.29, 1.82) is 0 Å². The largest absolute Gasteiger partial charge is 0.325 e. The van der Waals surface area contributed by atoms with E-state index in [2.05, 4.69) is 5.32 Å². The highest BCUT2D eigenvalue weighted by Crippen LogP contribution is 2.16. The van der Waals surface area contributed by atoms with Crippen molar-refractivity contribution >= 4 is 23.2 Å². The second kappa shape index (κ2) is 4.42. The van der Waals surface area contributed by atoms with Crippen LogP contribution in [0.25, 0.3) is 0 Å². The number of amides is 1. The van der Waals surface area contributed by atoms with Crippen LogP contribution in [0, 0.1) is 12.7 Å². The maximum Gasteiger partial charge on any atom is 0.242 e. The Hall–Kier alpha value is -1.09. The van der Waals surface area contributed by atoms with Gasteiger partial charge in [-0.1, -0.05) is 0 Å². The average Bonchev–Trinajstić information content (AvgIpc) is 2.09. The van der Waals surface area contributed by atoms with E-state index >= 15 is 0 Å². The molecule has 1 atom stereocenters. The van der Waals surface area contributed by atoms with Gasteiger partial charge in [-0.25, -0.2) is 4.39 Å². The van der Waals surface area contributed by atoms with Gasteiger partial charge in [0.25, 0.3) is 0 Å². The third kappa shape index (κ3) is 2.70. The molecular weight excluding hydrogens is 205 g/mol. The number of aryl methyl sites for hydroxylation is 1. The van der Waals surface area contributed by atoms with E-state index in [4.69, 9.17) is 11.6 Å². The SMILES string of the molecule is Cc1cc(F)ccc1NC(=O)C(C)Cl. The van der Waals surface area contributed by atoms with Crippen molar-refractivity contribution in [3.05, 3.63) is 29.6 Å². The summed E-state index contributed by atoms with van der Waals surface area (Å²) in [4.78, 5) is 11.2. The molecule has 14 heavy (non-hydrogen) atoms. The summed E-state index contributed by atoms with van der Waals surface area (Å²) >= 11 is 5.58. The van der Waals surface area contributed by atoms with Crippen LogP contribution in [0.3, 0.4) is 0 Å². The molecule has 0 bridgehead atoms. The van der Waals surface area contributed by atoms with Crippen LogP contribution in [0.15, 0.2) is 18.2 Å². The monoisotopic (exact) mass is 215 g/mol. The van der Waals surface area contributed by atoms with Crippen molar-refractivity contribution in [3.8, 4) is 0 Å². The van der Waals surface area contributed by atoms with E-state index in [1.54, 1.807) is 13.8 Å². The molecule has 1 amide bonds. The molecule has 0 spiro atoms. The molecule has 4 heteroatoms. The molecule has 0 fully saturated rings. The molecule has 0 aliphatic carbocycles. The van der Waals surface area contributed by atoms with Crippen molar-refractivity contribution in [2.75, 3.05) is 5.32 Å². The number of hydrogen-bond acceptors (Lipinski definition) is 1. The van der Waals surface area contributed by atoms with Crippen LogP contribution < -0.4 is 5.32 Å². The van der Waals surface area contributed by atoms with Gasteiger partial charge >= 0.3 is 0 Å². The first kappa shape index (κ1) is 11.0. The number of hydrogen-bond donors (Lipinski definition) is 1. The molecule has 0 aliphatic heterocycles. The molecule has 1 N–H and O–H groups in total. The Morgan fingerprint density at radius 1 is 1.57 bits per heavy atom. The molecular formula is C10H11ClFNO. The Morgan fingerprint density at radius 3 is 2.71 bits per heavy atom. The number of alkyl halides is 1. The Morgan fingerprint density at radius 2 is 2.21 bits per heavy atom. The first-order valence-corrected chi connectivity index (χ1v) is 4.65. The lowest BCUT2D eigenvalue weighted by atomic mass is 10.2. The number of carbonyl (C=O) groups excluding carboxylic acids is 1. The number of nitrogens with one attached hydrogen (secondary N) is 1. The second-order valence-electron chi connectivity index (χ2n) is 3.06. The van der Waals surface area contributed by atoms with Crippen LogP contribution in [-0.2, 0) is 4.79 Å². The lowest BCUT2D eigenvalue weighted by Gasteiger charge is -2.08. The van der Waals surface area contributed by atoms with Crippen LogP contribution >= 0.6 is 11.6 Å². The van der Waals surface area contributed by atoms with Gasteiger partial charge < -0.3 is 5.32 Å². The summed E-state index contributed by atoms with van der Waals surface area (Å²) < 4.78 is 12.7. The number of carbonyl (C=O) groups is 1. The summed E-state index contributed by atoms with van der Waals surface area (Å²) in [6.45, 7) is 3.30. The zero-order chi connectivity index (χ0) is 10.7. The molecule has 0 radical (unpaired) electrons. The average molecular weight is 216 g/mol. The maximum atomic E-state index is 12.7. The normalized spacial score (nSPS) is 12.3. The Balaban J connectivity index is 2.82.